The Morgan fingerprint density at radius 2 is 1.50 bits per heavy atom. The van der Waals surface area contributed by atoms with Gasteiger partial charge in [0.25, 0.3) is 0 Å². The molecule has 4 atom stereocenters. The molecule has 3 nitrogen and oxygen atoms in total. The molecule has 2 aliphatic rings. The van der Waals surface area contributed by atoms with Gasteiger partial charge < -0.3 is 10.2 Å². The van der Waals surface area contributed by atoms with Crippen LogP contribution in [0.2, 0.25) is 0 Å². The normalized spacial score (nSPS) is 25.6. The first-order chi connectivity index (χ1) is 15.7. The van der Waals surface area contributed by atoms with E-state index in [1.54, 1.807) is 0 Å². The van der Waals surface area contributed by atoms with E-state index in [1.165, 1.54) is 11.1 Å². The number of likely N-dealkylation sites (tertiary alicyclic amines) is 1. The number of benzene rings is 3. The van der Waals surface area contributed by atoms with Gasteiger partial charge in [-0.2, -0.15) is 0 Å². The van der Waals surface area contributed by atoms with Crippen molar-refractivity contribution in [3.63, 3.8) is 0 Å². The first-order valence-electron chi connectivity index (χ1n) is 11.7. The fourth-order valence-corrected chi connectivity index (χ4v) is 5.57. The van der Waals surface area contributed by atoms with Gasteiger partial charge in [-0.3, -0.25) is 4.79 Å². The number of nitrogens with one attached hydrogen (secondary N) is 1. The molecule has 3 aromatic carbocycles. The predicted octanol–water partition coefficient (Wildman–Crippen LogP) is 3.93. The fraction of sp³-hybridized carbons (Fsp3) is 0.321. The highest BCUT2D eigenvalue weighted by Crippen LogP contribution is 2.41. The molecule has 0 unspecified atom stereocenters. The predicted molar refractivity (Wildman–Crippen MR) is 130 cm³/mol. The number of piperidine rings is 1. The first kappa shape index (κ1) is 21.0. The highest BCUT2D eigenvalue weighted by atomic mass is 16.2. The lowest BCUT2D eigenvalue weighted by Gasteiger charge is -2.42. The van der Waals surface area contributed by atoms with Crippen molar-refractivity contribution in [3.05, 3.63) is 102 Å². The van der Waals surface area contributed by atoms with Crippen molar-refractivity contribution in [2.24, 2.45) is 5.92 Å². The van der Waals surface area contributed by atoms with Crippen molar-refractivity contribution >= 4 is 19.2 Å². The maximum Gasteiger partial charge on any atom is 0.228 e. The van der Waals surface area contributed by atoms with Gasteiger partial charge in [-0.05, 0) is 35.4 Å². The van der Waals surface area contributed by atoms with Gasteiger partial charge >= 0.3 is 0 Å². The van der Waals surface area contributed by atoms with E-state index in [0.717, 1.165) is 37.0 Å². The summed E-state index contributed by atoms with van der Waals surface area (Å²) in [6, 6.07) is 29.3. The van der Waals surface area contributed by atoms with Gasteiger partial charge in [-0.1, -0.05) is 90.4 Å². The summed E-state index contributed by atoms with van der Waals surface area (Å²) in [4.78, 5) is 16.1. The van der Waals surface area contributed by atoms with Crippen LogP contribution in [0.1, 0.15) is 47.4 Å². The van der Waals surface area contributed by atoms with Crippen LogP contribution >= 0.6 is 0 Å². The van der Waals surface area contributed by atoms with Crippen LogP contribution in [0.5, 0.6) is 0 Å². The summed E-state index contributed by atoms with van der Waals surface area (Å²) < 4.78 is 0. The summed E-state index contributed by atoms with van der Waals surface area (Å²) in [6.07, 6.45) is 1.95. The van der Waals surface area contributed by atoms with Gasteiger partial charge in [0, 0.05) is 25.6 Å². The third-order valence-electron chi connectivity index (χ3n) is 7.27. The third-order valence-corrected chi connectivity index (χ3v) is 7.27. The largest absolute Gasteiger partial charge is 0.335 e. The zero-order chi connectivity index (χ0) is 21.9. The molecule has 1 amide bonds. The van der Waals surface area contributed by atoms with E-state index in [-0.39, 0.29) is 23.8 Å². The summed E-state index contributed by atoms with van der Waals surface area (Å²) in [5, 5.41) is 3.45. The Kier molecular flexibility index (Phi) is 6.13. The van der Waals surface area contributed by atoms with E-state index >= 15 is 0 Å². The van der Waals surface area contributed by atoms with Crippen LogP contribution in [0, 0.1) is 5.92 Å². The molecular formula is C28H29BN2O. The number of hydrogen-bond donors (Lipinski definition) is 1. The molecule has 2 aliphatic heterocycles. The topological polar surface area (TPSA) is 32.3 Å². The Morgan fingerprint density at radius 1 is 0.844 bits per heavy atom. The van der Waals surface area contributed by atoms with Crippen molar-refractivity contribution < 1.29 is 4.79 Å². The maximum atomic E-state index is 14.0. The summed E-state index contributed by atoms with van der Waals surface area (Å²) in [7, 11) is 6.29. The zero-order valence-corrected chi connectivity index (χ0v) is 18.4. The number of carbonyl (C=O) groups excluding carboxylic acids is 1. The number of amides is 1. The minimum absolute atomic E-state index is 0.0841. The average Bonchev–Trinajstić information content (AvgIpc) is 3.34. The Bertz CT molecular complexity index is 1060. The van der Waals surface area contributed by atoms with Crippen LogP contribution in [0.25, 0.3) is 0 Å². The van der Waals surface area contributed by atoms with Gasteiger partial charge in [0.2, 0.25) is 5.91 Å². The van der Waals surface area contributed by atoms with Gasteiger partial charge in [-0.25, -0.2) is 0 Å². The average molecular weight is 420 g/mol. The quantitative estimate of drug-likeness (QED) is 0.649. The summed E-state index contributed by atoms with van der Waals surface area (Å²) in [5.41, 5.74) is 4.47. The molecule has 0 saturated carbocycles. The molecule has 32 heavy (non-hydrogen) atoms. The molecule has 0 bridgehead atoms. The zero-order valence-electron chi connectivity index (χ0n) is 18.4. The van der Waals surface area contributed by atoms with Gasteiger partial charge in [0.05, 0.1) is 12.0 Å². The minimum Gasteiger partial charge on any atom is -0.335 e. The standard InChI is InChI=1S/C28H29BN2O/c29-26-14-8-7-13-23(26)24-18-30-19-25(24)28(32)31-16-15-22(20-9-3-1-4-10-20)17-27(31)21-11-5-2-6-12-21/h1-14,22,24-25,27,30H,15-19H2/t22-,24-,25+,27-/m0/s1. The van der Waals surface area contributed by atoms with Crippen LogP contribution in [0.3, 0.4) is 0 Å². The second-order valence-corrected chi connectivity index (χ2v) is 9.09. The Morgan fingerprint density at radius 3 is 2.22 bits per heavy atom. The van der Waals surface area contributed by atoms with Crippen LogP contribution in [-0.2, 0) is 4.79 Å². The minimum atomic E-state index is -0.0841. The monoisotopic (exact) mass is 420 g/mol. The summed E-state index contributed by atoms with van der Waals surface area (Å²) >= 11 is 0. The maximum absolute atomic E-state index is 14.0. The van der Waals surface area contributed by atoms with Crippen LogP contribution < -0.4 is 10.8 Å². The van der Waals surface area contributed by atoms with Crippen LogP contribution in [-0.4, -0.2) is 38.3 Å². The Balaban J connectivity index is 1.43. The Labute approximate surface area is 192 Å². The number of rotatable bonds is 4. The van der Waals surface area contributed by atoms with Crippen molar-refractivity contribution in [3.8, 4) is 0 Å². The van der Waals surface area contributed by atoms with E-state index < -0.39 is 0 Å². The molecule has 1 N–H and O–H groups in total. The number of nitrogens with zero attached hydrogens (tertiary/aromatic N) is 1. The smallest absolute Gasteiger partial charge is 0.228 e. The van der Waals surface area contributed by atoms with E-state index in [2.05, 4.69) is 70.9 Å². The molecule has 160 valence electrons. The van der Waals surface area contributed by atoms with Crippen molar-refractivity contribution in [2.75, 3.05) is 19.6 Å². The Hall–Kier alpha value is -2.85. The van der Waals surface area contributed by atoms with Gasteiger partial charge in [0.15, 0.2) is 0 Å². The van der Waals surface area contributed by atoms with Crippen molar-refractivity contribution in [1.82, 2.24) is 10.2 Å². The van der Waals surface area contributed by atoms with E-state index in [1.807, 2.05) is 24.3 Å². The molecule has 2 heterocycles. The molecule has 2 saturated heterocycles. The SMILES string of the molecule is [B]c1ccccc1[C@@H]1CNC[C@H]1C(=O)N1CC[C@H](c2ccccc2)C[C@H]1c1ccccc1. The van der Waals surface area contributed by atoms with Crippen molar-refractivity contribution in [2.45, 2.75) is 30.7 Å². The molecule has 0 aromatic heterocycles. The third kappa shape index (κ3) is 4.12. The second-order valence-electron chi connectivity index (χ2n) is 9.09. The second kappa shape index (κ2) is 9.34. The van der Waals surface area contributed by atoms with E-state index in [4.69, 9.17) is 7.85 Å². The van der Waals surface area contributed by atoms with Crippen LogP contribution in [0.15, 0.2) is 84.9 Å². The molecule has 5 rings (SSSR count). The lowest BCUT2D eigenvalue weighted by Crippen LogP contribution is -2.45. The molecular weight excluding hydrogens is 391 g/mol. The molecule has 0 spiro atoms. The molecule has 0 aliphatic carbocycles. The highest BCUT2D eigenvalue weighted by molar-refractivity contribution is 6.33. The molecule has 3 aromatic rings. The molecule has 2 fully saturated rings. The fourth-order valence-electron chi connectivity index (χ4n) is 5.57. The van der Waals surface area contributed by atoms with Gasteiger partial charge in [-0.15, -0.1) is 0 Å². The highest BCUT2D eigenvalue weighted by Gasteiger charge is 2.41. The lowest BCUT2D eigenvalue weighted by atomic mass is 9.78. The first-order valence-corrected chi connectivity index (χ1v) is 11.7. The van der Waals surface area contributed by atoms with E-state index in [0.29, 0.717) is 12.5 Å². The number of hydrogen-bond acceptors (Lipinski definition) is 2. The van der Waals surface area contributed by atoms with Crippen molar-refractivity contribution in [1.29, 1.82) is 0 Å². The molecule has 4 heteroatoms. The summed E-state index contributed by atoms with van der Waals surface area (Å²) in [6.45, 7) is 2.28. The van der Waals surface area contributed by atoms with E-state index in [9.17, 15) is 4.79 Å². The summed E-state index contributed by atoms with van der Waals surface area (Å²) in [5.74, 6) is 0.752. The van der Waals surface area contributed by atoms with Gasteiger partial charge in [0.1, 0.15) is 7.85 Å². The lowest BCUT2D eigenvalue weighted by molar-refractivity contribution is -0.139. The van der Waals surface area contributed by atoms with Crippen LogP contribution in [0.4, 0.5) is 0 Å². The number of carbonyl (C=O) groups is 1. The molecule has 2 radical (unpaired) electrons.